The van der Waals surface area contributed by atoms with E-state index >= 15 is 0 Å². The van der Waals surface area contributed by atoms with E-state index in [1.165, 1.54) is 11.1 Å². The van der Waals surface area contributed by atoms with Crippen LogP contribution >= 0.6 is 69.6 Å². The highest BCUT2D eigenvalue weighted by atomic mass is 35.5. The summed E-state index contributed by atoms with van der Waals surface area (Å²) in [5, 5.41) is -2.62. The molecule has 0 amide bonds. The molecule has 1 aliphatic carbocycles. The highest BCUT2D eigenvalue weighted by Crippen LogP contribution is 2.39. The predicted octanol–water partition coefficient (Wildman–Crippen LogP) is 5.01. The maximum absolute atomic E-state index is 12.1. The van der Waals surface area contributed by atoms with Crippen LogP contribution in [0, 0.1) is 13.8 Å². The summed E-state index contributed by atoms with van der Waals surface area (Å²) in [6.45, 7) is 10.6. The Morgan fingerprint density at radius 2 is 1.05 bits per heavy atom. The molecule has 2 aromatic rings. The molecular formula is C25H35Cl6FN2O6S2. The van der Waals surface area contributed by atoms with E-state index in [-0.39, 0.29) is 0 Å². The molecule has 1 aliphatic rings. The summed E-state index contributed by atoms with van der Waals surface area (Å²) in [7, 11) is -9.82. The maximum atomic E-state index is 12.1. The fourth-order valence-corrected chi connectivity index (χ4v) is 6.51. The fourth-order valence-electron chi connectivity index (χ4n) is 3.13. The van der Waals surface area contributed by atoms with E-state index in [1.807, 2.05) is 0 Å². The molecule has 1 saturated carbocycles. The van der Waals surface area contributed by atoms with E-state index in [0.29, 0.717) is 0 Å². The number of aryl methyl sites for hydroxylation is 4. The normalized spacial score (nSPS) is 24.5. The van der Waals surface area contributed by atoms with Crippen LogP contribution in [-0.2, 0) is 33.3 Å². The van der Waals surface area contributed by atoms with Gasteiger partial charge in [-0.2, -0.15) is 0 Å². The van der Waals surface area contributed by atoms with Crippen molar-refractivity contribution in [1.82, 2.24) is 0 Å². The molecule has 2 heterocycles. The first-order valence-corrected chi connectivity index (χ1v) is 18.2. The predicted molar refractivity (Wildman–Crippen MR) is 166 cm³/mol. The molecule has 17 heteroatoms. The van der Waals surface area contributed by atoms with Gasteiger partial charge in [0.15, 0.2) is 30.3 Å². The number of pyridine rings is 2. The Balaban J connectivity index is 0.000000538. The lowest BCUT2D eigenvalue weighted by atomic mass is 9.97. The third-order valence-corrected chi connectivity index (χ3v) is 11.1. The second-order valence-corrected chi connectivity index (χ2v) is 15.1. The Morgan fingerprint density at radius 1 is 0.738 bits per heavy atom. The molecule has 8 nitrogen and oxygen atoms in total. The number of rotatable bonds is 6. The van der Waals surface area contributed by atoms with Gasteiger partial charge in [0.1, 0.15) is 23.2 Å². The molecular weight excluding hydrogens is 720 g/mol. The molecule has 242 valence electrons. The van der Waals surface area contributed by atoms with Crippen molar-refractivity contribution >= 4 is 89.8 Å². The third kappa shape index (κ3) is 16.7. The van der Waals surface area contributed by atoms with E-state index in [2.05, 4.69) is 85.9 Å². The number of halogens is 7. The van der Waals surface area contributed by atoms with Crippen molar-refractivity contribution in [1.29, 1.82) is 0 Å². The molecule has 0 N–H and O–H groups in total. The fraction of sp³-hybridized carbons (Fsp3) is 0.600. The largest absolute Gasteiger partial charge is 0.748 e. The third-order valence-electron chi connectivity index (χ3n) is 5.48. The molecule has 0 saturated heterocycles. The van der Waals surface area contributed by atoms with Crippen molar-refractivity contribution in [2.24, 2.45) is 0 Å². The lowest BCUT2D eigenvalue weighted by Crippen LogP contribution is -2.52. The van der Waals surface area contributed by atoms with E-state index in [9.17, 15) is 30.3 Å². The van der Waals surface area contributed by atoms with Crippen LogP contribution in [0.5, 0.6) is 0 Å². The van der Waals surface area contributed by atoms with Gasteiger partial charge in [0.2, 0.25) is 0 Å². The number of nitrogens with zero attached hydrogens (tertiary/aromatic N) is 2. The highest BCUT2D eigenvalue weighted by Gasteiger charge is 2.46. The van der Waals surface area contributed by atoms with Crippen LogP contribution in [0.15, 0.2) is 49.1 Å². The zero-order valence-electron chi connectivity index (χ0n) is 23.3. The monoisotopic (exact) mass is 752 g/mol. The quantitative estimate of drug-likeness (QED) is 0.232. The summed E-state index contributed by atoms with van der Waals surface area (Å²) in [6, 6.07) is 8.34. The Hall–Kier alpha value is -0.210. The molecule has 0 bridgehead atoms. The lowest BCUT2D eigenvalue weighted by Gasteiger charge is -2.37. The molecule has 0 aromatic carbocycles. The SMILES string of the molecule is CC[n+]1cccc(C)c1.CC[n+]1cccc(C)c1.Cl[C@H]1[C@H](Cl)[C@@H](Cl)[C@@H](Cl)[C@H](Cl)[C@H]1Cl.O=S(=O)([O-])CCC(F)S(=O)(=O)[O-]. The van der Waals surface area contributed by atoms with Crippen LogP contribution in [0.3, 0.4) is 0 Å². The van der Waals surface area contributed by atoms with Gasteiger partial charge in [0, 0.05) is 35.4 Å². The first-order chi connectivity index (χ1) is 19.2. The summed E-state index contributed by atoms with van der Waals surface area (Å²) in [5.41, 5.74) is -0.195. The molecule has 42 heavy (non-hydrogen) atoms. The van der Waals surface area contributed by atoms with Crippen LogP contribution in [0.2, 0.25) is 0 Å². The number of alkyl halides is 7. The second-order valence-electron chi connectivity index (χ2n) is 9.04. The number of hydrogen-bond acceptors (Lipinski definition) is 6. The zero-order valence-corrected chi connectivity index (χ0v) is 29.5. The maximum Gasteiger partial charge on any atom is 0.190 e. The van der Waals surface area contributed by atoms with Gasteiger partial charge in [0.25, 0.3) is 0 Å². The van der Waals surface area contributed by atoms with Gasteiger partial charge < -0.3 is 9.11 Å². The molecule has 1 atom stereocenters. The summed E-state index contributed by atoms with van der Waals surface area (Å²) in [4.78, 5) is 0. The molecule has 0 spiro atoms. The van der Waals surface area contributed by atoms with E-state index in [4.69, 9.17) is 69.6 Å². The number of aromatic nitrogens is 2. The van der Waals surface area contributed by atoms with Crippen LogP contribution in [0.1, 0.15) is 31.4 Å². The van der Waals surface area contributed by atoms with Crippen molar-refractivity contribution in [2.45, 2.75) is 85.0 Å². The van der Waals surface area contributed by atoms with Crippen LogP contribution < -0.4 is 9.13 Å². The minimum Gasteiger partial charge on any atom is -0.748 e. The van der Waals surface area contributed by atoms with Crippen molar-refractivity contribution in [3.63, 3.8) is 0 Å². The smallest absolute Gasteiger partial charge is 0.190 e. The molecule has 3 rings (SSSR count). The van der Waals surface area contributed by atoms with Crippen LogP contribution in [0.25, 0.3) is 0 Å². The number of hydrogen-bond donors (Lipinski definition) is 0. The first kappa shape index (κ1) is 41.8. The van der Waals surface area contributed by atoms with Gasteiger partial charge in [-0.25, -0.2) is 30.4 Å². The van der Waals surface area contributed by atoms with E-state index < -0.39 is 70.2 Å². The van der Waals surface area contributed by atoms with E-state index in [0.717, 1.165) is 13.1 Å². The first-order valence-electron chi connectivity index (χ1n) is 12.5. The van der Waals surface area contributed by atoms with Crippen LogP contribution in [0.4, 0.5) is 4.39 Å². The Morgan fingerprint density at radius 3 is 1.24 bits per heavy atom. The molecule has 1 fully saturated rings. The lowest BCUT2D eigenvalue weighted by molar-refractivity contribution is -0.694. The summed E-state index contributed by atoms with van der Waals surface area (Å²) < 4.78 is 75.5. The van der Waals surface area contributed by atoms with Gasteiger partial charge in [-0.3, -0.25) is 0 Å². The van der Waals surface area contributed by atoms with Crippen molar-refractivity contribution in [2.75, 3.05) is 5.75 Å². The Bertz CT molecular complexity index is 1190. The molecule has 0 radical (unpaired) electrons. The molecule has 0 aliphatic heterocycles. The van der Waals surface area contributed by atoms with E-state index in [1.54, 1.807) is 0 Å². The zero-order chi connectivity index (χ0) is 32.8. The van der Waals surface area contributed by atoms with Gasteiger partial charge in [-0.15, -0.1) is 69.6 Å². The standard InChI is InChI=1S/2C8H12N.C6H6Cl6.C3H7FO6S2/c2*1-3-9-6-4-5-8(2)7-9;7-1-2(8)4(10)6(12)5(11)3(1)9;4-3(12(8,9)10)1-2-11(5,6)7/h2*4-7H,3H2,1-2H3;1-6H;3H,1-2H2,(H,5,6,7)(H,8,9,10)/q2*+1;;/p-2/t;;1-,2-,3-,4+,5+,6+;. The summed E-state index contributed by atoms with van der Waals surface area (Å²) in [6.07, 6.45) is 7.32. The Kier molecular flexibility index (Phi) is 19.9. The average molecular weight is 755 g/mol. The van der Waals surface area contributed by atoms with Gasteiger partial charge in [-0.1, -0.05) is 0 Å². The highest BCUT2D eigenvalue weighted by molar-refractivity contribution is 7.86. The van der Waals surface area contributed by atoms with Crippen molar-refractivity contribution in [3.05, 3.63) is 60.2 Å². The minimum absolute atomic E-state index is 0.437. The molecule has 1 unspecified atom stereocenters. The summed E-state index contributed by atoms with van der Waals surface area (Å²) in [5.74, 6) is -1.20. The van der Waals surface area contributed by atoms with Crippen molar-refractivity contribution in [3.8, 4) is 0 Å². The van der Waals surface area contributed by atoms with Gasteiger partial charge >= 0.3 is 0 Å². The second kappa shape index (κ2) is 20.0. The van der Waals surface area contributed by atoms with Gasteiger partial charge in [0.05, 0.1) is 42.4 Å². The molecule has 2 aromatic heterocycles. The van der Waals surface area contributed by atoms with Gasteiger partial charge in [-0.05, 0) is 39.8 Å². The average Bonchev–Trinajstić information content (AvgIpc) is 2.92. The minimum atomic E-state index is -5.15. The topological polar surface area (TPSA) is 122 Å². The Labute approximate surface area is 278 Å². The van der Waals surface area contributed by atoms with Crippen molar-refractivity contribution < 1.29 is 39.5 Å². The van der Waals surface area contributed by atoms with Crippen LogP contribution in [-0.4, -0.2) is 69.5 Å². The summed E-state index contributed by atoms with van der Waals surface area (Å²) >= 11 is 35.3.